The normalized spacial score (nSPS) is 18.5. The molecule has 0 atom stereocenters. The largest absolute Gasteiger partial charge is 0.496 e. The van der Waals surface area contributed by atoms with Gasteiger partial charge in [0.25, 0.3) is 0 Å². The minimum Gasteiger partial charge on any atom is -0.496 e. The van der Waals surface area contributed by atoms with Gasteiger partial charge in [-0.3, -0.25) is 14.5 Å². The smallest absolute Gasteiger partial charge is 0.246 e. The van der Waals surface area contributed by atoms with E-state index in [1.807, 2.05) is 41.0 Å². The van der Waals surface area contributed by atoms with Crippen LogP contribution in [0, 0.1) is 6.92 Å². The Morgan fingerprint density at radius 2 is 1.71 bits per heavy atom. The molecule has 28 heavy (non-hydrogen) atoms. The summed E-state index contributed by atoms with van der Waals surface area (Å²) in [7, 11) is 1.63. The summed E-state index contributed by atoms with van der Waals surface area (Å²) in [5.74, 6) is 0.993. The number of ether oxygens (including phenoxy) is 1. The van der Waals surface area contributed by atoms with Crippen LogP contribution in [0.25, 0.3) is 6.08 Å². The number of nitrogens with zero attached hydrogens (tertiary/aromatic N) is 3. The van der Waals surface area contributed by atoms with E-state index in [2.05, 4.69) is 4.90 Å². The third-order valence-corrected chi connectivity index (χ3v) is 5.54. The van der Waals surface area contributed by atoms with Crippen LogP contribution in [0.5, 0.6) is 5.75 Å². The number of hydrogen-bond acceptors (Lipinski definition) is 4. The van der Waals surface area contributed by atoms with Gasteiger partial charge in [0.1, 0.15) is 5.75 Å². The fourth-order valence-electron chi connectivity index (χ4n) is 3.81. The molecule has 2 aliphatic heterocycles. The molecule has 2 heterocycles. The van der Waals surface area contributed by atoms with E-state index in [0.29, 0.717) is 19.6 Å². The Morgan fingerprint density at radius 1 is 1.00 bits per heavy atom. The topological polar surface area (TPSA) is 53.1 Å². The Hall–Kier alpha value is -2.34. The van der Waals surface area contributed by atoms with Crippen LogP contribution in [-0.2, 0) is 9.59 Å². The van der Waals surface area contributed by atoms with Crippen molar-refractivity contribution in [2.45, 2.75) is 26.2 Å². The van der Waals surface area contributed by atoms with Gasteiger partial charge in [0.05, 0.1) is 13.7 Å². The Kier molecular flexibility index (Phi) is 7.09. The number of piperazine rings is 1. The average molecular weight is 386 g/mol. The van der Waals surface area contributed by atoms with Gasteiger partial charge in [0.2, 0.25) is 11.8 Å². The van der Waals surface area contributed by atoms with Crippen molar-refractivity contribution < 1.29 is 14.3 Å². The van der Waals surface area contributed by atoms with Gasteiger partial charge >= 0.3 is 0 Å². The summed E-state index contributed by atoms with van der Waals surface area (Å²) in [6.07, 6.45) is 6.90. The van der Waals surface area contributed by atoms with Crippen LogP contribution < -0.4 is 4.74 Å². The van der Waals surface area contributed by atoms with Crippen molar-refractivity contribution >= 4 is 17.9 Å². The molecule has 1 aromatic rings. The Labute approximate surface area is 167 Å². The monoisotopic (exact) mass is 385 g/mol. The zero-order chi connectivity index (χ0) is 19.9. The van der Waals surface area contributed by atoms with Gasteiger partial charge in [-0.25, -0.2) is 0 Å². The van der Waals surface area contributed by atoms with E-state index >= 15 is 0 Å². The zero-order valence-electron chi connectivity index (χ0n) is 17.0. The van der Waals surface area contributed by atoms with Gasteiger partial charge in [-0.1, -0.05) is 11.6 Å². The highest BCUT2D eigenvalue weighted by Crippen LogP contribution is 2.21. The lowest BCUT2D eigenvalue weighted by atomic mass is 10.1. The fraction of sp³-hybridized carbons (Fsp3) is 0.545. The average Bonchev–Trinajstić information content (AvgIpc) is 2.73. The molecule has 0 unspecified atom stereocenters. The summed E-state index contributed by atoms with van der Waals surface area (Å²) < 4.78 is 5.36. The van der Waals surface area contributed by atoms with Crippen molar-refractivity contribution in [1.82, 2.24) is 14.7 Å². The van der Waals surface area contributed by atoms with Crippen molar-refractivity contribution in [2.24, 2.45) is 0 Å². The predicted molar refractivity (Wildman–Crippen MR) is 110 cm³/mol. The Morgan fingerprint density at radius 3 is 2.39 bits per heavy atom. The number of piperidine rings is 1. The minimum atomic E-state index is 0.00515. The quantitative estimate of drug-likeness (QED) is 0.729. The van der Waals surface area contributed by atoms with Crippen molar-refractivity contribution in [1.29, 1.82) is 0 Å². The Bertz CT molecular complexity index is 718. The summed E-state index contributed by atoms with van der Waals surface area (Å²) in [6.45, 7) is 7.07. The van der Waals surface area contributed by atoms with Crippen LogP contribution >= 0.6 is 0 Å². The number of hydrogen-bond donors (Lipinski definition) is 0. The number of methoxy groups -OCH3 is 1. The SMILES string of the molecule is COc1ccc(C)cc1/C=C/C(=O)N1CCN(CC(=O)N2CCCCC2)CC1. The molecule has 3 rings (SSSR count). The number of amides is 2. The standard InChI is InChI=1S/C22H31N3O3/c1-18-6-8-20(28-2)19(16-18)7-9-21(26)25-14-12-23(13-15-25)17-22(27)24-10-4-3-5-11-24/h6-9,16H,3-5,10-15,17H2,1-2H3/b9-7+. The molecular formula is C22H31N3O3. The molecule has 6 heteroatoms. The first-order valence-corrected chi connectivity index (χ1v) is 10.2. The first kappa shape index (κ1) is 20.4. The van der Waals surface area contributed by atoms with E-state index in [9.17, 15) is 9.59 Å². The molecule has 0 spiro atoms. The maximum absolute atomic E-state index is 12.5. The van der Waals surface area contributed by atoms with Crippen LogP contribution in [0.1, 0.15) is 30.4 Å². The van der Waals surface area contributed by atoms with Gasteiger partial charge < -0.3 is 14.5 Å². The summed E-state index contributed by atoms with van der Waals surface area (Å²) in [6, 6.07) is 5.91. The molecule has 0 aliphatic carbocycles. The van der Waals surface area contributed by atoms with Gasteiger partial charge in [-0.15, -0.1) is 0 Å². The van der Waals surface area contributed by atoms with Crippen molar-refractivity contribution in [3.63, 3.8) is 0 Å². The maximum Gasteiger partial charge on any atom is 0.246 e. The zero-order valence-corrected chi connectivity index (χ0v) is 17.0. The van der Waals surface area contributed by atoms with E-state index < -0.39 is 0 Å². The number of benzene rings is 1. The summed E-state index contributed by atoms with van der Waals surface area (Å²) >= 11 is 0. The lowest BCUT2D eigenvalue weighted by molar-refractivity contribution is -0.134. The third kappa shape index (κ3) is 5.35. The molecule has 0 bridgehead atoms. The predicted octanol–water partition coefficient (Wildman–Crippen LogP) is 2.17. The lowest BCUT2D eigenvalue weighted by Crippen LogP contribution is -2.51. The first-order chi connectivity index (χ1) is 13.6. The molecule has 2 amide bonds. The van der Waals surface area contributed by atoms with Crippen LogP contribution in [0.3, 0.4) is 0 Å². The summed E-state index contributed by atoms with van der Waals surface area (Å²) in [4.78, 5) is 30.9. The van der Waals surface area contributed by atoms with E-state index in [4.69, 9.17) is 4.74 Å². The molecule has 0 saturated carbocycles. The molecular weight excluding hydrogens is 354 g/mol. The first-order valence-electron chi connectivity index (χ1n) is 10.2. The molecule has 152 valence electrons. The van der Waals surface area contributed by atoms with Crippen LogP contribution in [0.15, 0.2) is 24.3 Å². The summed E-state index contributed by atoms with van der Waals surface area (Å²) in [5, 5.41) is 0. The maximum atomic E-state index is 12.5. The fourth-order valence-corrected chi connectivity index (χ4v) is 3.81. The molecule has 2 saturated heterocycles. The molecule has 0 N–H and O–H groups in total. The van der Waals surface area contributed by atoms with Crippen LogP contribution in [0.2, 0.25) is 0 Å². The highest BCUT2D eigenvalue weighted by molar-refractivity contribution is 5.92. The van der Waals surface area contributed by atoms with E-state index in [1.54, 1.807) is 13.2 Å². The number of carbonyl (C=O) groups excluding carboxylic acids is 2. The molecule has 0 radical (unpaired) electrons. The number of rotatable bonds is 5. The molecule has 0 aromatic heterocycles. The lowest BCUT2D eigenvalue weighted by Gasteiger charge is -2.35. The van der Waals surface area contributed by atoms with E-state index in [-0.39, 0.29) is 11.8 Å². The second-order valence-corrected chi connectivity index (χ2v) is 7.62. The highest BCUT2D eigenvalue weighted by Gasteiger charge is 2.24. The molecule has 1 aromatic carbocycles. The highest BCUT2D eigenvalue weighted by atomic mass is 16.5. The summed E-state index contributed by atoms with van der Waals surface area (Å²) in [5.41, 5.74) is 2.03. The third-order valence-electron chi connectivity index (χ3n) is 5.54. The van der Waals surface area contributed by atoms with Crippen molar-refractivity contribution in [3.05, 3.63) is 35.4 Å². The van der Waals surface area contributed by atoms with Crippen molar-refractivity contribution in [2.75, 3.05) is 52.9 Å². The van der Waals surface area contributed by atoms with Gasteiger partial charge in [0, 0.05) is 50.9 Å². The van der Waals surface area contributed by atoms with E-state index in [0.717, 1.165) is 55.9 Å². The van der Waals surface area contributed by atoms with Crippen LogP contribution in [-0.4, -0.2) is 79.4 Å². The second kappa shape index (κ2) is 9.73. The van der Waals surface area contributed by atoms with Gasteiger partial charge in [0.15, 0.2) is 0 Å². The number of likely N-dealkylation sites (tertiary alicyclic amines) is 1. The van der Waals surface area contributed by atoms with Gasteiger partial charge in [-0.05, 0) is 44.4 Å². The second-order valence-electron chi connectivity index (χ2n) is 7.62. The van der Waals surface area contributed by atoms with Gasteiger partial charge in [-0.2, -0.15) is 0 Å². The number of carbonyl (C=O) groups is 2. The van der Waals surface area contributed by atoms with Crippen LogP contribution in [0.4, 0.5) is 0 Å². The Balaban J connectivity index is 1.48. The van der Waals surface area contributed by atoms with E-state index in [1.165, 1.54) is 6.42 Å². The number of aryl methyl sites for hydroxylation is 1. The molecule has 6 nitrogen and oxygen atoms in total. The molecule has 2 aliphatic rings. The molecule has 2 fully saturated rings. The minimum absolute atomic E-state index is 0.00515. The van der Waals surface area contributed by atoms with Crippen molar-refractivity contribution in [3.8, 4) is 5.75 Å².